The molecule has 3 N–H and O–H groups in total. The van der Waals surface area contributed by atoms with E-state index in [9.17, 15) is 18.0 Å². The third kappa shape index (κ3) is 5.78. The van der Waals surface area contributed by atoms with E-state index in [0.29, 0.717) is 10.6 Å². The number of benzene rings is 2. The molecule has 0 saturated carbocycles. The summed E-state index contributed by atoms with van der Waals surface area (Å²) in [7, 11) is -3.90. The number of sulfonamides is 1. The maximum Gasteiger partial charge on any atom is 0.269 e. The zero-order valence-corrected chi connectivity index (χ0v) is 16.4. The molecule has 0 aromatic heterocycles. The molecule has 2 rings (SSSR count). The van der Waals surface area contributed by atoms with E-state index in [1.165, 1.54) is 31.2 Å². The van der Waals surface area contributed by atoms with Crippen molar-refractivity contribution in [1.29, 1.82) is 0 Å². The van der Waals surface area contributed by atoms with Gasteiger partial charge in [0.05, 0.1) is 10.9 Å². The molecule has 144 valence electrons. The highest BCUT2D eigenvalue weighted by Crippen LogP contribution is 2.14. The fraction of sp³-hybridized carbons (Fsp3) is 0.222. The summed E-state index contributed by atoms with van der Waals surface area (Å²) in [5.41, 5.74) is 5.93. The van der Waals surface area contributed by atoms with Gasteiger partial charge >= 0.3 is 0 Å². The SMILES string of the molecule is CCc1ccc(C(=O)NNC(=O)[C@H](C)NS(=O)(=O)c2ccc(Cl)cc2)cc1. The molecule has 0 bridgehead atoms. The Balaban J connectivity index is 1.92. The standard InChI is InChI=1S/C18H20ClN3O4S/c1-3-13-4-6-14(7-5-13)18(24)21-20-17(23)12(2)22-27(25,26)16-10-8-15(19)9-11-16/h4-12,22H,3H2,1-2H3,(H,20,23)(H,21,24)/t12-/m0/s1. The largest absolute Gasteiger partial charge is 0.271 e. The molecule has 0 aliphatic carbocycles. The number of hydrazine groups is 1. The lowest BCUT2D eigenvalue weighted by atomic mass is 10.1. The molecule has 2 amide bonds. The second kappa shape index (κ2) is 8.98. The predicted octanol–water partition coefficient (Wildman–Crippen LogP) is 2.03. The fourth-order valence-corrected chi connectivity index (χ4v) is 3.49. The van der Waals surface area contributed by atoms with E-state index in [2.05, 4.69) is 15.6 Å². The summed E-state index contributed by atoms with van der Waals surface area (Å²) < 4.78 is 26.7. The van der Waals surface area contributed by atoms with Gasteiger partial charge in [-0.3, -0.25) is 20.4 Å². The summed E-state index contributed by atoms with van der Waals surface area (Å²) in [6, 6.07) is 11.4. The topological polar surface area (TPSA) is 104 Å². The highest BCUT2D eigenvalue weighted by atomic mass is 35.5. The van der Waals surface area contributed by atoms with E-state index in [4.69, 9.17) is 11.6 Å². The van der Waals surface area contributed by atoms with E-state index in [1.807, 2.05) is 19.1 Å². The quantitative estimate of drug-likeness (QED) is 0.635. The summed E-state index contributed by atoms with van der Waals surface area (Å²) in [5, 5.41) is 0.398. The average Bonchev–Trinajstić information content (AvgIpc) is 2.65. The second-order valence-electron chi connectivity index (χ2n) is 5.79. The highest BCUT2D eigenvalue weighted by Gasteiger charge is 2.22. The third-order valence-corrected chi connectivity index (χ3v) is 5.58. The van der Waals surface area contributed by atoms with Crippen LogP contribution in [0.5, 0.6) is 0 Å². The van der Waals surface area contributed by atoms with Crippen molar-refractivity contribution in [2.24, 2.45) is 0 Å². The van der Waals surface area contributed by atoms with Gasteiger partial charge in [-0.05, 0) is 55.3 Å². The minimum absolute atomic E-state index is 0.0217. The Labute approximate surface area is 163 Å². The Morgan fingerprint density at radius 2 is 1.59 bits per heavy atom. The molecule has 0 heterocycles. The molecule has 27 heavy (non-hydrogen) atoms. The lowest BCUT2D eigenvalue weighted by Crippen LogP contribution is -2.51. The van der Waals surface area contributed by atoms with Crippen molar-refractivity contribution in [3.63, 3.8) is 0 Å². The average molecular weight is 410 g/mol. The van der Waals surface area contributed by atoms with Crippen molar-refractivity contribution in [3.05, 3.63) is 64.7 Å². The molecule has 0 saturated heterocycles. The first-order chi connectivity index (χ1) is 12.7. The van der Waals surface area contributed by atoms with Crippen LogP contribution in [0.2, 0.25) is 5.02 Å². The molecule has 0 aliphatic rings. The first-order valence-electron chi connectivity index (χ1n) is 8.20. The van der Waals surface area contributed by atoms with Crippen LogP contribution >= 0.6 is 11.6 Å². The minimum Gasteiger partial charge on any atom is -0.271 e. The molecule has 2 aromatic carbocycles. The number of carbonyl (C=O) groups excluding carboxylic acids is 2. The van der Waals surface area contributed by atoms with Gasteiger partial charge in [0, 0.05) is 10.6 Å². The normalized spacial score (nSPS) is 12.3. The van der Waals surface area contributed by atoms with Crippen molar-refractivity contribution in [1.82, 2.24) is 15.6 Å². The van der Waals surface area contributed by atoms with Crippen LogP contribution < -0.4 is 15.6 Å². The van der Waals surface area contributed by atoms with E-state index in [-0.39, 0.29) is 4.90 Å². The van der Waals surface area contributed by atoms with Crippen LogP contribution in [-0.4, -0.2) is 26.3 Å². The highest BCUT2D eigenvalue weighted by molar-refractivity contribution is 7.89. The van der Waals surface area contributed by atoms with Crippen LogP contribution in [0, 0.1) is 0 Å². The third-order valence-electron chi connectivity index (χ3n) is 3.77. The number of rotatable bonds is 6. The predicted molar refractivity (Wildman–Crippen MR) is 103 cm³/mol. The van der Waals surface area contributed by atoms with Crippen molar-refractivity contribution in [3.8, 4) is 0 Å². The number of aryl methyl sites for hydroxylation is 1. The van der Waals surface area contributed by atoms with E-state index < -0.39 is 27.9 Å². The zero-order chi connectivity index (χ0) is 20.0. The van der Waals surface area contributed by atoms with Crippen molar-refractivity contribution in [2.45, 2.75) is 31.2 Å². The van der Waals surface area contributed by atoms with E-state index in [1.54, 1.807) is 12.1 Å². The number of amides is 2. The molecular weight excluding hydrogens is 390 g/mol. The fourth-order valence-electron chi connectivity index (χ4n) is 2.16. The van der Waals surface area contributed by atoms with Crippen molar-refractivity contribution in [2.75, 3.05) is 0 Å². The van der Waals surface area contributed by atoms with Crippen LogP contribution in [0.3, 0.4) is 0 Å². The Bertz CT molecular complexity index is 913. The molecule has 7 nitrogen and oxygen atoms in total. The molecule has 0 fully saturated rings. The lowest BCUT2D eigenvalue weighted by Gasteiger charge is -2.15. The Kier molecular flexibility index (Phi) is 6.95. The number of hydrogen-bond donors (Lipinski definition) is 3. The molecular formula is C18H20ClN3O4S. The Hall–Kier alpha value is -2.42. The molecule has 9 heteroatoms. The molecule has 1 atom stereocenters. The molecule has 0 unspecified atom stereocenters. The lowest BCUT2D eigenvalue weighted by molar-refractivity contribution is -0.123. The molecule has 0 aliphatic heterocycles. The van der Waals surface area contributed by atoms with Crippen LogP contribution in [0.1, 0.15) is 29.8 Å². The van der Waals surface area contributed by atoms with Crippen LogP contribution in [0.4, 0.5) is 0 Å². The van der Waals surface area contributed by atoms with Crippen molar-refractivity contribution >= 4 is 33.4 Å². The van der Waals surface area contributed by atoms with Gasteiger partial charge in [-0.1, -0.05) is 30.7 Å². The molecule has 0 spiro atoms. The number of hydrogen-bond acceptors (Lipinski definition) is 4. The maximum absolute atomic E-state index is 12.3. The van der Waals surface area contributed by atoms with Crippen molar-refractivity contribution < 1.29 is 18.0 Å². The summed E-state index contributed by atoms with van der Waals surface area (Å²) in [5.74, 6) is -1.20. The minimum atomic E-state index is -3.90. The van der Waals surface area contributed by atoms with Crippen LogP contribution in [-0.2, 0) is 21.2 Å². The van der Waals surface area contributed by atoms with Crippen LogP contribution in [0.25, 0.3) is 0 Å². The zero-order valence-electron chi connectivity index (χ0n) is 14.8. The second-order valence-corrected chi connectivity index (χ2v) is 7.94. The summed E-state index contributed by atoms with van der Waals surface area (Å²) >= 11 is 5.74. The number of halogens is 1. The van der Waals surface area contributed by atoms with Gasteiger partial charge in [0.1, 0.15) is 0 Å². The number of nitrogens with one attached hydrogen (secondary N) is 3. The van der Waals surface area contributed by atoms with Gasteiger partial charge in [0.25, 0.3) is 11.8 Å². The summed E-state index contributed by atoms with van der Waals surface area (Å²) in [6.45, 7) is 3.37. The monoisotopic (exact) mass is 409 g/mol. The van der Waals surface area contributed by atoms with Gasteiger partial charge in [-0.2, -0.15) is 4.72 Å². The van der Waals surface area contributed by atoms with Crippen LogP contribution in [0.15, 0.2) is 53.4 Å². The van der Waals surface area contributed by atoms with Gasteiger partial charge < -0.3 is 0 Å². The van der Waals surface area contributed by atoms with Gasteiger partial charge in [0.15, 0.2) is 0 Å². The van der Waals surface area contributed by atoms with Gasteiger partial charge in [-0.25, -0.2) is 8.42 Å². The van der Waals surface area contributed by atoms with E-state index in [0.717, 1.165) is 12.0 Å². The van der Waals surface area contributed by atoms with Gasteiger partial charge in [0.2, 0.25) is 10.0 Å². The first kappa shape index (κ1) is 20.9. The first-order valence-corrected chi connectivity index (χ1v) is 10.1. The number of carbonyl (C=O) groups is 2. The summed E-state index contributed by atoms with van der Waals surface area (Å²) in [6.07, 6.45) is 0.851. The molecule has 0 radical (unpaired) electrons. The van der Waals surface area contributed by atoms with Gasteiger partial charge in [-0.15, -0.1) is 0 Å². The summed E-state index contributed by atoms with van der Waals surface area (Å²) in [4.78, 5) is 24.1. The Morgan fingerprint density at radius 1 is 1.00 bits per heavy atom. The Morgan fingerprint density at radius 3 is 2.15 bits per heavy atom. The van der Waals surface area contributed by atoms with E-state index >= 15 is 0 Å². The smallest absolute Gasteiger partial charge is 0.269 e. The maximum atomic E-state index is 12.3. The molecule has 2 aromatic rings.